The summed E-state index contributed by atoms with van der Waals surface area (Å²) in [5, 5.41) is 0. The molecule has 0 fully saturated rings. The molecule has 2 rings (SSSR count). The van der Waals surface area contributed by atoms with Crippen molar-refractivity contribution in [2.45, 2.75) is 12.7 Å². The molecule has 2 nitrogen and oxygen atoms in total. The van der Waals surface area contributed by atoms with Crippen LogP contribution >= 0.6 is 12.6 Å². The standard InChI is InChI=1S/C9H10N2S/c1-7-3-2-4-9-10-8(6-12)5-11(7)9/h2-5,12H,6H2,1H3. The average molecular weight is 178 g/mol. The first-order valence-corrected chi connectivity index (χ1v) is 4.49. The molecule has 0 amide bonds. The van der Waals surface area contributed by atoms with Gasteiger partial charge in [0.2, 0.25) is 0 Å². The molecule has 0 unspecified atom stereocenters. The number of pyridine rings is 1. The minimum atomic E-state index is 0.696. The third-order valence-electron chi connectivity index (χ3n) is 1.91. The minimum Gasteiger partial charge on any atom is -0.304 e. The highest BCUT2D eigenvalue weighted by molar-refractivity contribution is 7.79. The van der Waals surface area contributed by atoms with Crippen molar-refractivity contribution in [2.75, 3.05) is 0 Å². The van der Waals surface area contributed by atoms with Crippen LogP contribution < -0.4 is 0 Å². The first-order valence-electron chi connectivity index (χ1n) is 3.86. The molecule has 0 spiro atoms. The maximum atomic E-state index is 4.38. The topological polar surface area (TPSA) is 17.3 Å². The van der Waals surface area contributed by atoms with Gasteiger partial charge in [-0.1, -0.05) is 6.07 Å². The van der Waals surface area contributed by atoms with Crippen molar-refractivity contribution in [2.24, 2.45) is 0 Å². The zero-order valence-electron chi connectivity index (χ0n) is 6.86. The summed E-state index contributed by atoms with van der Waals surface area (Å²) in [7, 11) is 0. The van der Waals surface area contributed by atoms with Crippen molar-refractivity contribution in [1.82, 2.24) is 9.38 Å². The number of hydrogen-bond donors (Lipinski definition) is 1. The Labute approximate surface area is 76.7 Å². The van der Waals surface area contributed by atoms with Gasteiger partial charge in [-0.3, -0.25) is 0 Å². The van der Waals surface area contributed by atoms with Gasteiger partial charge < -0.3 is 4.40 Å². The zero-order chi connectivity index (χ0) is 8.55. The summed E-state index contributed by atoms with van der Waals surface area (Å²) in [6.45, 7) is 2.07. The van der Waals surface area contributed by atoms with Crippen molar-refractivity contribution < 1.29 is 0 Å². The van der Waals surface area contributed by atoms with Crippen molar-refractivity contribution in [3.05, 3.63) is 35.8 Å². The number of fused-ring (bicyclic) bond motifs is 1. The Morgan fingerprint density at radius 3 is 3.00 bits per heavy atom. The molecule has 12 heavy (non-hydrogen) atoms. The van der Waals surface area contributed by atoms with Gasteiger partial charge >= 0.3 is 0 Å². The Morgan fingerprint density at radius 2 is 2.33 bits per heavy atom. The lowest BCUT2D eigenvalue weighted by Gasteiger charge is -1.95. The number of imidazole rings is 1. The Bertz CT molecular complexity index is 406. The van der Waals surface area contributed by atoms with Crippen LogP contribution in [0.1, 0.15) is 11.4 Å². The summed E-state index contributed by atoms with van der Waals surface area (Å²) in [6.07, 6.45) is 2.03. The zero-order valence-corrected chi connectivity index (χ0v) is 7.75. The lowest BCUT2D eigenvalue weighted by molar-refractivity contribution is 1.09. The highest BCUT2D eigenvalue weighted by atomic mass is 32.1. The van der Waals surface area contributed by atoms with E-state index >= 15 is 0 Å². The summed E-state index contributed by atoms with van der Waals surface area (Å²) in [5.74, 6) is 0.696. The molecule has 0 atom stereocenters. The number of nitrogens with zero attached hydrogens (tertiary/aromatic N) is 2. The van der Waals surface area contributed by atoms with Crippen LogP contribution in [-0.4, -0.2) is 9.38 Å². The highest BCUT2D eigenvalue weighted by Gasteiger charge is 1.99. The molecule has 62 valence electrons. The van der Waals surface area contributed by atoms with Crippen LogP contribution in [0.2, 0.25) is 0 Å². The fourth-order valence-corrected chi connectivity index (χ4v) is 1.43. The molecule has 3 heteroatoms. The molecular formula is C9H10N2S. The van der Waals surface area contributed by atoms with Crippen LogP contribution in [0.25, 0.3) is 5.65 Å². The normalized spacial score (nSPS) is 10.8. The molecule has 0 aliphatic heterocycles. The molecule has 0 radical (unpaired) electrons. The number of aromatic nitrogens is 2. The SMILES string of the molecule is Cc1cccc2nc(CS)cn12. The third kappa shape index (κ3) is 1.10. The van der Waals surface area contributed by atoms with E-state index in [0.29, 0.717) is 5.75 Å². The minimum absolute atomic E-state index is 0.696. The molecule has 0 aromatic carbocycles. The lowest BCUT2D eigenvalue weighted by Crippen LogP contribution is -1.86. The molecule has 2 heterocycles. The monoisotopic (exact) mass is 178 g/mol. The summed E-state index contributed by atoms with van der Waals surface area (Å²) in [5.41, 5.74) is 3.22. The molecule has 2 aromatic rings. The number of thiol groups is 1. The Kier molecular flexibility index (Phi) is 1.81. The Hall–Kier alpha value is -0.960. The van der Waals surface area contributed by atoms with E-state index < -0.39 is 0 Å². The van der Waals surface area contributed by atoms with Gasteiger partial charge in [0.1, 0.15) is 5.65 Å². The van der Waals surface area contributed by atoms with Gasteiger partial charge in [-0.05, 0) is 19.1 Å². The number of aryl methyl sites for hydroxylation is 1. The van der Waals surface area contributed by atoms with Crippen LogP contribution in [0.3, 0.4) is 0 Å². The third-order valence-corrected chi connectivity index (χ3v) is 2.23. The molecule has 0 aliphatic rings. The number of rotatable bonds is 1. The first-order chi connectivity index (χ1) is 5.81. The lowest BCUT2D eigenvalue weighted by atomic mass is 10.4. The molecule has 2 aromatic heterocycles. The van der Waals surface area contributed by atoms with E-state index in [0.717, 1.165) is 11.3 Å². The predicted molar refractivity (Wildman–Crippen MR) is 52.6 cm³/mol. The molecule has 0 N–H and O–H groups in total. The predicted octanol–water partition coefficient (Wildman–Crippen LogP) is 2.07. The van der Waals surface area contributed by atoms with Crippen molar-refractivity contribution in [3.63, 3.8) is 0 Å². The fraction of sp³-hybridized carbons (Fsp3) is 0.222. The van der Waals surface area contributed by atoms with Gasteiger partial charge in [-0.2, -0.15) is 12.6 Å². The van der Waals surface area contributed by atoms with Gasteiger partial charge in [0, 0.05) is 17.6 Å². The molecule has 0 bridgehead atoms. The van der Waals surface area contributed by atoms with E-state index in [2.05, 4.69) is 35.0 Å². The molecular weight excluding hydrogens is 168 g/mol. The van der Waals surface area contributed by atoms with E-state index in [1.165, 1.54) is 5.69 Å². The fourth-order valence-electron chi connectivity index (χ4n) is 1.28. The largest absolute Gasteiger partial charge is 0.304 e. The van der Waals surface area contributed by atoms with E-state index in [1.54, 1.807) is 0 Å². The van der Waals surface area contributed by atoms with E-state index in [-0.39, 0.29) is 0 Å². The summed E-state index contributed by atoms with van der Waals surface area (Å²) < 4.78 is 2.07. The van der Waals surface area contributed by atoms with Gasteiger partial charge in [-0.15, -0.1) is 0 Å². The van der Waals surface area contributed by atoms with Crippen LogP contribution in [0.5, 0.6) is 0 Å². The van der Waals surface area contributed by atoms with Crippen LogP contribution in [0.4, 0.5) is 0 Å². The summed E-state index contributed by atoms with van der Waals surface area (Å²) in [6, 6.07) is 6.08. The second-order valence-corrected chi connectivity index (χ2v) is 3.10. The van der Waals surface area contributed by atoms with Crippen LogP contribution in [0.15, 0.2) is 24.4 Å². The summed E-state index contributed by atoms with van der Waals surface area (Å²) >= 11 is 4.18. The molecule has 0 saturated heterocycles. The summed E-state index contributed by atoms with van der Waals surface area (Å²) in [4.78, 5) is 4.38. The number of hydrogen-bond acceptors (Lipinski definition) is 2. The second kappa shape index (κ2) is 2.83. The van der Waals surface area contributed by atoms with E-state index in [4.69, 9.17) is 0 Å². The van der Waals surface area contributed by atoms with Crippen LogP contribution in [-0.2, 0) is 5.75 Å². The Morgan fingerprint density at radius 1 is 1.50 bits per heavy atom. The van der Waals surface area contributed by atoms with Gasteiger partial charge in [0.05, 0.1) is 5.69 Å². The van der Waals surface area contributed by atoms with Gasteiger partial charge in [0.15, 0.2) is 0 Å². The van der Waals surface area contributed by atoms with Crippen molar-refractivity contribution in [3.8, 4) is 0 Å². The van der Waals surface area contributed by atoms with E-state index in [9.17, 15) is 0 Å². The first kappa shape index (κ1) is 7.68. The quantitative estimate of drug-likeness (QED) is 0.662. The van der Waals surface area contributed by atoms with Crippen molar-refractivity contribution in [1.29, 1.82) is 0 Å². The molecule has 0 saturated carbocycles. The smallest absolute Gasteiger partial charge is 0.137 e. The second-order valence-electron chi connectivity index (χ2n) is 2.79. The highest BCUT2D eigenvalue weighted by Crippen LogP contribution is 2.09. The van der Waals surface area contributed by atoms with Crippen LogP contribution in [0, 0.1) is 6.92 Å². The maximum absolute atomic E-state index is 4.38. The van der Waals surface area contributed by atoms with Gasteiger partial charge in [-0.25, -0.2) is 4.98 Å². The van der Waals surface area contributed by atoms with E-state index in [1.807, 2.05) is 18.3 Å². The van der Waals surface area contributed by atoms with Gasteiger partial charge in [0.25, 0.3) is 0 Å². The average Bonchev–Trinajstić information content (AvgIpc) is 2.49. The Balaban J connectivity index is 2.74. The van der Waals surface area contributed by atoms with Crippen molar-refractivity contribution >= 4 is 18.3 Å². The molecule has 0 aliphatic carbocycles. The maximum Gasteiger partial charge on any atom is 0.137 e.